The number of hydrogen-bond donors (Lipinski definition) is 0. The van der Waals surface area contributed by atoms with E-state index in [4.69, 9.17) is 9.40 Å². The zero-order valence-corrected chi connectivity index (χ0v) is 14.4. The lowest BCUT2D eigenvalue weighted by Gasteiger charge is -2.04. The maximum atomic E-state index is 5.46. The molecule has 6 heteroatoms. The molecule has 2 heterocycles. The molecule has 0 radical (unpaired) electrons. The predicted octanol–water partition coefficient (Wildman–Crippen LogP) is 4.80. The Morgan fingerprint density at radius 1 is 1.18 bits per heavy atom. The van der Waals surface area contributed by atoms with Crippen LogP contribution in [0.15, 0.2) is 34.1 Å². The summed E-state index contributed by atoms with van der Waals surface area (Å²) in [6.45, 7) is 5.97. The minimum atomic E-state index is 0.172. The summed E-state index contributed by atoms with van der Waals surface area (Å²) in [6, 6.07) is 8.47. The molecule has 0 fully saturated rings. The molecule has 0 spiro atoms. The lowest BCUT2D eigenvalue weighted by Crippen LogP contribution is -1.90. The summed E-state index contributed by atoms with van der Waals surface area (Å²) in [6.07, 6.45) is 0. The molecule has 0 amide bonds. The van der Waals surface area contributed by atoms with Crippen molar-refractivity contribution in [3.63, 3.8) is 0 Å². The number of aryl methyl sites for hydroxylation is 2. The summed E-state index contributed by atoms with van der Waals surface area (Å²) in [7, 11) is 0. The van der Waals surface area contributed by atoms with E-state index in [1.807, 2.05) is 6.92 Å². The fraction of sp³-hybridized carbons (Fsp3) is 0.312. The summed E-state index contributed by atoms with van der Waals surface area (Å²) in [5.41, 5.74) is 3.53. The van der Waals surface area contributed by atoms with Crippen LogP contribution in [0.2, 0.25) is 0 Å². The number of nitrogens with zero attached hydrogens (tertiary/aromatic N) is 3. The molecule has 1 atom stereocenters. The number of thioether (sulfide) groups is 1. The van der Waals surface area contributed by atoms with Crippen molar-refractivity contribution in [1.29, 1.82) is 0 Å². The number of rotatable bonds is 5. The highest BCUT2D eigenvalue weighted by atomic mass is 32.2. The fourth-order valence-electron chi connectivity index (χ4n) is 1.96. The molecule has 3 aromatic rings. The Morgan fingerprint density at radius 3 is 2.64 bits per heavy atom. The Kier molecular flexibility index (Phi) is 4.59. The van der Waals surface area contributed by atoms with Gasteiger partial charge in [0.1, 0.15) is 5.01 Å². The molecule has 0 saturated carbocycles. The highest BCUT2D eigenvalue weighted by molar-refractivity contribution is 7.98. The van der Waals surface area contributed by atoms with Gasteiger partial charge in [-0.3, -0.25) is 0 Å². The summed E-state index contributed by atoms with van der Waals surface area (Å²) in [5.74, 6) is 2.12. The molecule has 0 saturated heterocycles. The van der Waals surface area contributed by atoms with E-state index in [0.717, 1.165) is 16.5 Å². The van der Waals surface area contributed by atoms with Gasteiger partial charge in [0.25, 0.3) is 0 Å². The highest BCUT2D eigenvalue weighted by Gasteiger charge is 2.14. The minimum absolute atomic E-state index is 0.172. The van der Waals surface area contributed by atoms with Crippen molar-refractivity contribution in [3.8, 4) is 10.6 Å². The quantitative estimate of drug-likeness (QED) is 0.672. The van der Waals surface area contributed by atoms with Gasteiger partial charge < -0.3 is 4.42 Å². The van der Waals surface area contributed by atoms with Crippen molar-refractivity contribution >= 4 is 23.1 Å². The van der Waals surface area contributed by atoms with Gasteiger partial charge in [0.05, 0.1) is 10.9 Å². The molecular formula is C16H17N3OS2. The van der Waals surface area contributed by atoms with Gasteiger partial charge in [0.2, 0.25) is 11.8 Å². The van der Waals surface area contributed by atoms with Crippen molar-refractivity contribution in [2.75, 3.05) is 0 Å². The molecule has 0 N–H and O–H groups in total. The van der Waals surface area contributed by atoms with Gasteiger partial charge in [-0.25, -0.2) is 4.98 Å². The molecular weight excluding hydrogens is 314 g/mol. The monoisotopic (exact) mass is 331 g/mol. The molecule has 1 unspecified atom stereocenters. The lowest BCUT2D eigenvalue weighted by molar-refractivity contribution is 0.470. The average Bonchev–Trinajstić information content (AvgIpc) is 3.15. The third-order valence-electron chi connectivity index (χ3n) is 3.22. The van der Waals surface area contributed by atoms with Gasteiger partial charge >= 0.3 is 0 Å². The van der Waals surface area contributed by atoms with Crippen molar-refractivity contribution in [1.82, 2.24) is 15.2 Å². The van der Waals surface area contributed by atoms with Crippen molar-refractivity contribution in [2.24, 2.45) is 0 Å². The van der Waals surface area contributed by atoms with Crippen LogP contribution in [0.3, 0.4) is 0 Å². The van der Waals surface area contributed by atoms with Gasteiger partial charge in [-0.05, 0) is 13.8 Å². The first kappa shape index (κ1) is 15.2. The van der Waals surface area contributed by atoms with Crippen molar-refractivity contribution in [2.45, 2.75) is 31.8 Å². The van der Waals surface area contributed by atoms with Gasteiger partial charge in [-0.2, -0.15) is 0 Å². The van der Waals surface area contributed by atoms with Crippen LogP contribution in [-0.4, -0.2) is 15.2 Å². The highest BCUT2D eigenvalue weighted by Crippen LogP contribution is 2.32. The molecule has 22 heavy (non-hydrogen) atoms. The zero-order valence-electron chi connectivity index (χ0n) is 12.7. The average molecular weight is 331 g/mol. The summed E-state index contributed by atoms with van der Waals surface area (Å²) < 4.78 is 5.46. The number of thiazole rings is 1. The molecule has 0 bridgehead atoms. The molecule has 0 aliphatic rings. The van der Waals surface area contributed by atoms with E-state index in [0.29, 0.717) is 11.8 Å². The number of benzene rings is 1. The van der Waals surface area contributed by atoms with Gasteiger partial charge in [-0.15, -0.1) is 33.3 Å². The van der Waals surface area contributed by atoms with E-state index in [1.165, 1.54) is 11.1 Å². The van der Waals surface area contributed by atoms with E-state index in [1.54, 1.807) is 23.1 Å². The molecule has 0 aliphatic heterocycles. The van der Waals surface area contributed by atoms with Crippen LogP contribution in [0.25, 0.3) is 10.6 Å². The third kappa shape index (κ3) is 3.56. The summed E-state index contributed by atoms with van der Waals surface area (Å²) >= 11 is 3.44. The number of hydrogen-bond acceptors (Lipinski definition) is 6. The normalized spacial score (nSPS) is 12.5. The first-order chi connectivity index (χ1) is 10.6. The minimum Gasteiger partial charge on any atom is -0.424 e. The van der Waals surface area contributed by atoms with E-state index >= 15 is 0 Å². The molecule has 114 valence electrons. The van der Waals surface area contributed by atoms with E-state index in [2.05, 4.69) is 53.7 Å². The van der Waals surface area contributed by atoms with E-state index < -0.39 is 0 Å². The molecule has 0 aliphatic carbocycles. The van der Waals surface area contributed by atoms with Crippen molar-refractivity contribution < 1.29 is 4.42 Å². The Balaban J connectivity index is 1.63. The Hall–Kier alpha value is -1.66. The van der Waals surface area contributed by atoms with Gasteiger partial charge in [0.15, 0.2) is 0 Å². The van der Waals surface area contributed by atoms with Crippen LogP contribution < -0.4 is 0 Å². The van der Waals surface area contributed by atoms with Crippen LogP contribution in [-0.2, 0) is 5.75 Å². The lowest BCUT2D eigenvalue weighted by atomic mass is 10.2. The zero-order chi connectivity index (χ0) is 15.5. The Bertz CT molecular complexity index is 749. The van der Waals surface area contributed by atoms with Crippen LogP contribution in [0.5, 0.6) is 0 Å². The number of aromatic nitrogens is 3. The Morgan fingerprint density at radius 2 is 1.95 bits per heavy atom. The van der Waals surface area contributed by atoms with Gasteiger partial charge in [0, 0.05) is 23.6 Å². The maximum Gasteiger partial charge on any atom is 0.229 e. The standard InChI is InChI=1S/C16H17N3OS2/c1-10-4-6-13(7-5-10)16-17-14(9-22-16)8-21-11(2)15-19-18-12(3)20-15/h4-7,9,11H,8H2,1-3H3. The van der Waals surface area contributed by atoms with Crippen LogP contribution in [0.4, 0.5) is 0 Å². The topological polar surface area (TPSA) is 51.8 Å². The molecule has 3 rings (SSSR count). The molecule has 2 aromatic heterocycles. The summed E-state index contributed by atoms with van der Waals surface area (Å²) in [4.78, 5) is 4.71. The second-order valence-electron chi connectivity index (χ2n) is 5.12. The van der Waals surface area contributed by atoms with E-state index in [-0.39, 0.29) is 5.25 Å². The fourth-order valence-corrected chi connectivity index (χ4v) is 3.70. The predicted molar refractivity (Wildman–Crippen MR) is 91.0 cm³/mol. The second kappa shape index (κ2) is 6.62. The third-order valence-corrected chi connectivity index (χ3v) is 5.33. The van der Waals surface area contributed by atoms with Crippen LogP contribution >= 0.6 is 23.1 Å². The molecule has 4 nitrogen and oxygen atoms in total. The largest absolute Gasteiger partial charge is 0.424 e. The maximum absolute atomic E-state index is 5.46. The first-order valence-electron chi connectivity index (χ1n) is 7.05. The van der Waals surface area contributed by atoms with Crippen molar-refractivity contribution in [3.05, 3.63) is 52.7 Å². The Labute approximate surface area is 138 Å². The van der Waals surface area contributed by atoms with E-state index in [9.17, 15) is 0 Å². The first-order valence-corrected chi connectivity index (χ1v) is 8.97. The smallest absolute Gasteiger partial charge is 0.229 e. The van der Waals surface area contributed by atoms with Crippen LogP contribution in [0, 0.1) is 13.8 Å². The second-order valence-corrected chi connectivity index (χ2v) is 7.31. The SMILES string of the molecule is Cc1ccc(-c2nc(CSC(C)c3nnc(C)o3)cs2)cc1. The molecule has 1 aromatic carbocycles. The van der Waals surface area contributed by atoms with Gasteiger partial charge in [-0.1, -0.05) is 29.8 Å². The van der Waals surface area contributed by atoms with Crippen LogP contribution in [0.1, 0.15) is 35.2 Å². The summed E-state index contributed by atoms with van der Waals surface area (Å²) in [5, 5.41) is 11.3.